The monoisotopic (exact) mass is 344 g/mol. The van der Waals surface area contributed by atoms with E-state index < -0.39 is 0 Å². The number of fused-ring (bicyclic) bond motifs is 2. The Morgan fingerprint density at radius 1 is 0.923 bits per heavy atom. The minimum atomic E-state index is -0.160. The van der Waals surface area contributed by atoms with E-state index in [1.807, 2.05) is 30.5 Å². The molecule has 0 atom stereocenters. The second-order valence-corrected chi connectivity index (χ2v) is 7.64. The van der Waals surface area contributed by atoms with Crippen LogP contribution in [0.25, 0.3) is 10.9 Å². The molecule has 130 valence electrons. The summed E-state index contributed by atoms with van der Waals surface area (Å²) in [5.74, 6) is -0.160. The first kappa shape index (κ1) is 15.7. The summed E-state index contributed by atoms with van der Waals surface area (Å²) in [6.07, 6.45) is 8.64. The van der Waals surface area contributed by atoms with Crippen molar-refractivity contribution < 1.29 is 4.39 Å². The highest BCUT2D eigenvalue weighted by Gasteiger charge is 2.36. The van der Waals surface area contributed by atoms with Gasteiger partial charge in [-0.25, -0.2) is 4.39 Å². The largest absolute Gasteiger partial charge is 0.277 e. The first-order valence-electron chi connectivity index (χ1n) is 9.46. The average molecular weight is 344 g/mol. The van der Waals surface area contributed by atoms with Crippen LogP contribution in [-0.4, -0.2) is 16.2 Å². The van der Waals surface area contributed by atoms with Crippen molar-refractivity contribution in [3.05, 3.63) is 77.2 Å². The van der Waals surface area contributed by atoms with Crippen molar-refractivity contribution in [3.8, 4) is 0 Å². The number of hydrogen-bond donors (Lipinski definition) is 0. The number of rotatable bonds is 1. The molecule has 0 amide bonds. The van der Waals surface area contributed by atoms with Crippen LogP contribution in [0.3, 0.4) is 0 Å². The van der Waals surface area contributed by atoms with E-state index >= 15 is 0 Å². The normalized spacial score (nSPS) is 18.6. The number of aromatic nitrogens is 1. The van der Waals surface area contributed by atoms with E-state index in [0.29, 0.717) is 0 Å². The van der Waals surface area contributed by atoms with Crippen LogP contribution < -0.4 is 0 Å². The number of benzene rings is 2. The lowest BCUT2D eigenvalue weighted by molar-refractivity contribution is 0.294. The summed E-state index contributed by atoms with van der Waals surface area (Å²) in [5.41, 5.74) is 5.07. The van der Waals surface area contributed by atoms with Gasteiger partial charge in [0.1, 0.15) is 5.82 Å². The summed E-state index contributed by atoms with van der Waals surface area (Å²) in [4.78, 5) is 9.90. The Kier molecular flexibility index (Phi) is 3.63. The maximum atomic E-state index is 13.9. The van der Waals surface area contributed by atoms with Gasteiger partial charge in [-0.15, -0.1) is 0 Å². The van der Waals surface area contributed by atoms with E-state index in [1.165, 1.54) is 19.3 Å². The Labute approximate surface area is 152 Å². The van der Waals surface area contributed by atoms with Gasteiger partial charge >= 0.3 is 0 Å². The molecule has 0 N–H and O–H groups in total. The third-order valence-electron chi connectivity index (χ3n) is 5.84. The first-order valence-corrected chi connectivity index (χ1v) is 9.46. The molecule has 26 heavy (non-hydrogen) atoms. The van der Waals surface area contributed by atoms with Crippen LogP contribution in [0.4, 0.5) is 4.39 Å². The number of halogens is 1. The minimum Gasteiger partial charge on any atom is -0.277 e. The van der Waals surface area contributed by atoms with Gasteiger partial charge in [-0.1, -0.05) is 37.5 Å². The lowest BCUT2D eigenvalue weighted by atomic mass is 9.74. The van der Waals surface area contributed by atoms with Crippen LogP contribution in [0.15, 0.2) is 59.7 Å². The maximum absolute atomic E-state index is 13.9. The molecule has 0 bridgehead atoms. The van der Waals surface area contributed by atoms with Crippen molar-refractivity contribution in [2.45, 2.75) is 44.1 Å². The molecule has 0 radical (unpaired) electrons. The Morgan fingerprint density at radius 2 is 1.77 bits per heavy atom. The summed E-state index contributed by atoms with van der Waals surface area (Å²) >= 11 is 0. The van der Waals surface area contributed by atoms with Gasteiger partial charge in [0, 0.05) is 22.7 Å². The summed E-state index contributed by atoms with van der Waals surface area (Å²) in [5, 5.41) is 1.11. The molecule has 2 aromatic carbocycles. The summed E-state index contributed by atoms with van der Waals surface area (Å²) < 4.78 is 13.9. The molecule has 1 aliphatic carbocycles. The third kappa shape index (κ3) is 2.63. The molecule has 2 heterocycles. The number of hydrogen-bond acceptors (Lipinski definition) is 2. The van der Waals surface area contributed by atoms with Crippen LogP contribution >= 0.6 is 0 Å². The lowest BCUT2D eigenvalue weighted by Crippen LogP contribution is -2.37. The second kappa shape index (κ2) is 6.01. The Hall–Kier alpha value is -2.55. The van der Waals surface area contributed by atoms with Crippen LogP contribution in [-0.2, 0) is 6.42 Å². The molecular weight excluding hydrogens is 323 g/mol. The molecular formula is C23H21FN2. The zero-order chi connectivity index (χ0) is 17.6. The Bertz CT molecular complexity index is 1020. The summed E-state index contributed by atoms with van der Waals surface area (Å²) in [6, 6.07) is 15.4. The smallest absolute Gasteiger partial charge is 0.123 e. The molecule has 1 fully saturated rings. The quantitative estimate of drug-likeness (QED) is 0.574. The zero-order valence-electron chi connectivity index (χ0n) is 14.7. The van der Waals surface area contributed by atoms with E-state index in [9.17, 15) is 4.39 Å². The second-order valence-electron chi connectivity index (χ2n) is 7.64. The van der Waals surface area contributed by atoms with Crippen molar-refractivity contribution in [2.24, 2.45) is 4.99 Å². The van der Waals surface area contributed by atoms with Crippen LogP contribution in [0.2, 0.25) is 0 Å². The fourth-order valence-corrected chi connectivity index (χ4v) is 4.55. The maximum Gasteiger partial charge on any atom is 0.123 e. The summed E-state index contributed by atoms with van der Waals surface area (Å²) in [7, 11) is 0. The highest BCUT2D eigenvalue weighted by molar-refractivity contribution is 6.15. The van der Waals surface area contributed by atoms with E-state index in [2.05, 4.69) is 17.1 Å². The fraction of sp³-hybridized carbons (Fsp3) is 0.304. The Balaban J connectivity index is 1.70. The van der Waals surface area contributed by atoms with E-state index in [4.69, 9.17) is 4.99 Å². The lowest BCUT2D eigenvalue weighted by Gasteiger charge is -2.38. The SMILES string of the molecule is Fc1ccc2c(c1)CC1(CCCCC1)N=C2c1cnc2ccccc2c1. The van der Waals surface area contributed by atoms with Crippen LogP contribution in [0.5, 0.6) is 0 Å². The van der Waals surface area contributed by atoms with Crippen molar-refractivity contribution in [1.82, 2.24) is 4.98 Å². The van der Waals surface area contributed by atoms with E-state index in [1.54, 1.807) is 12.1 Å². The van der Waals surface area contributed by atoms with Crippen LogP contribution in [0.1, 0.15) is 48.8 Å². The number of aliphatic imine (C=N–C) groups is 1. The molecule has 2 aliphatic rings. The fourth-order valence-electron chi connectivity index (χ4n) is 4.55. The molecule has 0 unspecified atom stereocenters. The molecule has 3 aromatic rings. The van der Waals surface area contributed by atoms with Gasteiger partial charge in [-0.05, 0) is 55.2 Å². The van der Waals surface area contributed by atoms with Crippen molar-refractivity contribution in [1.29, 1.82) is 0 Å². The first-order chi connectivity index (χ1) is 12.7. The average Bonchev–Trinajstić information content (AvgIpc) is 2.67. The highest BCUT2D eigenvalue weighted by atomic mass is 19.1. The number of nitrogens with zero attached hydrogens (tertiary/aromatic N) is 2. The zero-order valence-corrected chi connectivity index (χ0v) is 14.7. The van der Waals surface area contributed by atoms with Gasteiger partial charge < -0.3 is 0 Å². The molecule has 1 spiro atoms. The van der Waals surface area contributed by atoms with Gasteiger partial charge in [-0.3, -0.25) is 9.98 Å². The molecule has 1 aliphatic heterocycles. The van der Waals surface area contributed by atoms with Gasteiger partial charge in [0.25, 0.3) is 0 Å². The van der Waals surface area contributed by atoms with E-state index in [0.717, 1.165) is 52.6 Å². The van der Waals surface area contributed by atoms with Crippen LogP contribution in [0, 0.1) is 5.82 Å². The van der Waals surface area contributed by atoms with Gasteiger partial charge in [0.15, 0.2) is 0 Å². The Morgan fingerprint density at radius 3 is 2.65 bits per heavy atom. The minimum absolute atomic E-state index is 0.0694. The van der Waals surface area contributed by atoms with Gasteiger partial charge in [-0.2, -0.15) is 0 Å². The molecule has 1 aromatic heterocycles. The molecule has 2 nitrogen and oxygen atoms in total. The van der Waals surface area contributed by atoms with Crippen molar-refractivity contribution in [3.63, 3.8) is 0 Å². The molecule has 5 rings (SSSR count). The standard InChI is InChI=1S/C23H21FN2/c24-19-8-9-20-17(13-19)14-23(10-4-1-5-11-23)26-22(20)18-12-16-6-2-3-7-21(16)25-15-18/h2-3,6-9,12-13,15H,1,4-5,10-11,14H2. The number of pyridine rings is 1. The highest BCUT2D eigenvalue weighted by Crippen LogP contribution is 2.40. The van der Waals surface area contributed by atoms with Gasteiger partial charge in [0.2, 0.25) is 0 Å². The third-order valence-corrected chi connectivity index (χ3v) is 5.84. The molecule has 0 saturated heterocycles. The molecule has 1 saturated carbocycles. The van der Waals surface area contributed by atoms with Crippen molar-refractivity contribution in [2.75, 3.05) is 0 Å². The van der Waals surface area contributed by atoms with Gasteiger partial charge in [0.05, 0.1) is 16.8 Å². The predicted octanol–water partition coefficient (Wildman–Crippen LogP) is 5.47. The summed E-state index contributed by atoms with van der Waals surface area (Å²) in [6.45, 7) is 0. The number of para-hydroxylation sites is 1. The predicted molar refractivity (Wildman–Crippen MR) is 103 cm³/mol. The van der Waals surface area contributed by atoms with E-state index in [-0.39, 0.29) is 11.4 Å². The topological polar surface area (TPSA) is 25.2 Å². The molecule has 3 heteroatoms. The van der Waals surface area contributed by atoms with Crippen molar-refractivity contribution >= 4 is 16.6 Å².